The van der Waals surface area contributed by atoms with Crippen LogP contribution in [0, 0.1) is 0 Å². The average molecular weight is 651 g/mol. The van der Waals surface area contributed by atoms with Gasteiger partial charge in [-0.3, -0.25) is 33.9 Å². The molecule has 0 aromatic rings. The minimum Gasteiger partial charge on any atom is -0.480 e. The van der Waals surface area contributed by atoms with E-state index in [9.17, 15) is 34.5 Å². The molecule has 0 spiro atoms. The van der Waals surface area contributed by atoms with E-state index in [1.807, 2.05) is 9.80 Å². The van der Waals surface area contributed by atoms with Crippen LogP contribution in [0.1, 0.15) is 57.8 Å². The Morgan fingerprint density at radius 2 is 0.909 bits per heavy atom. The number of carbonyl (C=O) groups is 4. The highest BCUT2D eigenvalue weighted by Gasteiger charge is 2.20. The van der Waals surface area contributed by atoms with Crippen LogP contribution in [0.15, 0.2) is 0 Å². The number of hydrogen-bond donors (Lipinski definition) is 3. The zero-order valence-corrected chi connectivity index (χ0v) is 27.1. The van der Waals surface area contributed by atoms with Gasteiger partial charge in [0.1, 0.15) is 5.78 Å². The molecular weight excluding hydrogens is 596 g/mol. The maximum Gasteiger partial charge on any atom is 0.317 e. The molecule has 0 atom stereocenters. The maximum absolute atomic E-state index is 12.3. The van der Waals surface area contributed by atoms with E-state index in [0.29, 0.717) is 97.3 Å². The number of hydrogen-bond acceptors (Lipinski definition) is 10. The molecule has 1 fully saturated rings. The number of Topliss-reactive ketones (excluding diaryl/α,β-unsaturated/α-hetero) is 1. The lowest BCUT2D eigenvalue weighted by Crippen LogP contribution is -2.48. The number of halogens is 1. The molecule has 0 saturated carbocycles. The van der Waals surface area contributed by atoms with Crippen molar-refractivity contribution in [2.75, 3.05) is 111 Å². The number of carbonyl (C=O) groups excluding carboxylic acids is 1. The predicted molar refractivity (Wildman–Crippen MR) is 168 cm³/mol. The SMILES string of the molecule is O=C(O)CN1CCN(CCCCC(=O)CCCOCCOCCCCCCCl)CCN(CC(=O)O)CCN(CC(=O)O)CC1. The van der Waals surface area contributed by atoms with Gasteiger partial charge in [-0.25, -0.2) is 0 Å². The number of aliphatic carboxylic acids is 3. The topological polar surface area (TPSA) is 160 Å². The van der Waals surface area contributed by atoms with Gasteiger partial charge >= 0.3 is 17.9 Å². The van der Waals surface area contributed by atoms with Gasteiger partial charge in [0.2, 0.25) is 0 Å². The van der Waals surface area contributed by atoms with E-state index in [1.165, 1.54) is 0 Å². The third kappa shape index (κ3) is 23.5. The number of carboxylic acids is 3. The molecule has 256 valence electrons. The zero-order chi connectivity index (χ0) is 32.4. The fourth-order valence-corrected chi connectivity index (χ4v) is 5.17. The molecule has 13 nitrogen and oxygen atoms in total. The van der Waals surface area contributed by atoms with E-state index in [0.717, 1.165) is 51.7 Å². The lowest BCUT2D eigenvalue weighted by atomic mass is 10.1. The van der Waals surface area contributed by atoms with Crippen molar-refractivity contribution in [1.82, 2.24) is 19.6 Å². The van der Waals surface area contributed by atoms with Gasteiger partial charge in [0.15, 0.2) is 0 Å². The zero-order valence-electron chi connectivity index (χ0n) is 26.3. The first-order valence-corrected chi connectivity index (χ1v) is 16.5. The third-order valence-corrected chi connectivity index (χ3v) is 7.74. The van der Waals surface area contributed by atoms with E-state index in [1.54, 1.807) is 4.90 Å². The van der Waals surface area contributed by atoms with Gasteiger partial charge in [-0.1, -0.05) is 12.8 Å². The second-order valence-electron chi connectivity index (χ2n) is 11.3. The molecule has 1 aliphatic heterocycles. The maximum atomic E-state index is 12.3. The van der Waals surface area contributed by atoms with Gasteiger partial charge < -0.3 is 29.7 Å². The Morgan fingerprint density at radius 1 is 0.500 bits per heavy atom. The standard InChI is InChI=1S/C30H55ClN4O9/c31-10-4-1-2-6-20-43-22-23-44-21-7-9-27(36)8-3-5-11-32-12-14-33(24-28(37)38)16-18-35(26-30(41)42)19-17-34(15-13-32)25-29(39)40/h1-26H2,(H,37,38)(H,39,40)(H,41,42). The Kier molecular flexibility index (Phi) is 24.1. The monoisotopic (exact) mass is 650 g/mol. The van der Waals surface area contributed by atoms with Crippen LogP contribution in [0.2, 0.25) is 0 Å². The minimum atomic E-state index is -0.981. The molecule has 14 heteroatoms. The molecule has 44 heavy (non-hydrogen) atoms. The predicted octanol–water partition coefficient (Wildman–Crippen LogP) is 1.81. The second kappa shape index (κ2) is 26.4. The molecule has 0 aromatic heterocycles. The summed E-state index contributed by atoms with van der Waals surface area (Å²) in [4.78, 5) is 54.1. The van der Waals surface area contributed by atoms with Crippen molar-refractivity contribution in [3.8, 4) is 0 Å². The van der Waals surface area contributed by atoms with E-state index < -0.39 is 17.9 Å². The molecule has 0 radical (unpaired) electrons. The van der Waals surface area contributed by atoms with Crippen LogP contribution in [-0.4, -0.2) is 169 Å². The Labute approximate surface area is 267 Å². The van der Waals surface area contributed by atoms with Gasteiger partial charge in [0.05, 0.1) is 32.8 Å². The highest BCUT2D eigenvalue weighted by Crippen LogP contribution is 2.07. The lowest BCUT2D eigenvalue weighted by molar-refractivity contribution is -0.140. The largest absolute Gasteiger partial charge is 0.480 e. The summed E-state index contributed by atoms with van der Waals surface area (Å²) in [5, 5.41) is 28.0. The minimum absolute atomic E-state index is 0.138. The first-order valence-electron chi connectivity index (χ1n) is 16.0. The van der Waals surface area contributed by atoms with Gasteiger partial charge in [-0.15, -0.1) is 11.6 Å². The van der Waals surface area contributed by atoms with E-state index in [2.05, 4.69) is 4.90 Å². The first-order chi connectivity index (χ1) is 21.2. The fourth-order valence-electron chi connectivity index (χ4n) is 4.98. The summed E-state index contributed by atoms with van der Waals surface area (Å²) in [7, 11) is 0. The Balaban J connectivity index is 2.40. The molecule has 0 bridgehead atoms. The van der Waals surface area contributed by atoms with Crippen molar-refractivity contribution in [2.45, 2.75) is 57.8 Å². The van der Waals surface area contributed by atoms with Crippen molar-refractivity contribution in [2.24, 2.45) is 0 Å². The molecule has 1 rings (SSSR count). The first kappa shape index (κ1) is 40.2. The Morgan fingerprint density at radius 3 is 1.36 bits per heavy atom. The van der Waals surface area contributed by atoms with Crippen LogP contribution in [0.3, 0.4) is 0 Å². The summed E-state index contributed by atoms with van der Waals surface area (Å²) in [5.41, 5.74) is 0. The lowest BCUT2D eigenvalue weighted by Gasteiger charge is -2.33. The average Bonchev–Trinajstić information content (AvgIpc) is 2.96. The quantitative estimate of drug-likeness (QED) is 0.103. The van der Waals surface area contributed by atoms with Crippen molar-refractivity contribution < 1.29 is 44.0 Å². The van der Waals surface area contributed by atoms with Gasteiger partial charge in [0, 0.05) is 84.3 Å². The summed E-state index contributed by atoms with van der Waals surface area (Å²) >= 11 is 5.66. The molecule has 3 N–H and O–H groups in total. The molecule has 0 unspecified atom stereocenters. The molecule has 1 aliphatic rings. The van der Waals surface area contributed by atoms with Crippen LogP contribution in [0.5, 0.6) is 0 Å². The van der Waals surface area contributed by atoms with E-state index in [4.69, 9.17) is 21.1 Å². The van der Waals surface area contributed by atoms with E-state index in [-0.39, 0.29) is 25.4 Å². The number of rotatable bonds is 24. The highest BCUT2D eigenvalue weighted by molar-refractivity contribution is 6.17. The second-order valence-corrected chi connectivity index (χ2v) is 11.7. The van der Waals surface area contributed by atoms with Crippen molar-refractivity contribution in [3.63, 3.8) is 0 Å². The summed E-state index contributed by atoms with van der Waals surface area (Å²) in [6.07, 6.45) is 7.55. The molecule has 1 heterocycles. The summed E-state index contributed by atoms with van der Waals surface area (Å²) in [5.74, 6) is -1.94. The van der Waals surface area contributed by atoms with E-state index >= 15 is 0 Å². The van der Waals surface area contributed by atoms with Crippen LogP contribution in [-0.2, 0) is 28.7 Å². The number of alkyl halides is 1. The molecular formula is C30H55ClN4O9. The van der Waals surface area contributed by atoms with Crippen LogP contribution < -0.4 is 0 Å². The van der Waals surface area contributed by atoms with Crippen molar-refractivity contribution in [1.29, 1.82) is 0 Å². The fraction of sp³-hybridized carbons (Fsp3) is 0.867. The molecule has 0 aliphatic carbocycles. The number of carboxylic acid groups (broad SMARTS) is 3. The highest BCUT2D eigenvalue weighted by atomic mass is 35.5. The van der Waals surface area contributed by atoms with Crippen LogP contribution in [0.4, 0.5) is 0 Å². The van der Waals surface area contributed by atoms with Gasteiger partial charge in [-0.2, -0.15) is 0 Å². The number of ether oxygens (including phenoxy) is 2. The Hall–Kier alpha value is -1.87. The smallest absolute Gasteiger partial charge is 0.317 e. The Bertz CT molecular complexity index is 776. The summed E-state index contributed by atoms with van der Waals surface area (Å²) in [6.45, 7) is 6.31. The van der Waals surface area contributed by atoms with Crippen molar-refractivity contribution >= 4 is 35.3 Å². The van der Waals surface area contributed by atoms with Crippen molar-refractivity contribution in [3.05, 3.63) is 0 Å². The van der Waals surface area contributed by atoms with Gasteiger partial charge in [-0.05, 0) is 38.6 Å². The number of unbranched alkanes of at least 4 members (excludes halogenated alkanes) is 4. The van der Waals surface area contributed by atoms with Gasteiger partial charge in [0.25, 0.3) is 0 Å². The number of nitrogens with zero attached hydrogens (tertiary/aromatic N) is 4. The molecule has 0 amide bonds. The number of ketones is 1. The third-order valence-electron chi connectivity index (χ3n) is 7.47. The molecule has 0 aromatic carbocycles. The molecule has 1 saturated heterocycles. The normalized spacial score (nSPS) is 16.8. The summed E-state index contributed by atoms with van der Waals surface area (Å²) in [6, 6.07) is 0. The summed E-state index contributed by atoms with van der Waals surface area (Å²) < 4.78 is 11.1. The van der Waals surface area contributed by atoms with Crippen LogP contribution >= 0.6 is 11.6 Å². The van der Waals surface area contributed by atoms with Crippen LogP contribution in [0.25, 0.3) is 0 Å².